The first-order chi connectivity index (χ1) is 10.5. The predicted molar refractivity (Wildman–Crippen MR) is 85.3 cm³/mol. The highest BCUT2D eigenvalue weighted by atomic mass is 16.5. The van der Waals surface area contributed by atoms with Crippen LogP contribution in [0.3, 0.4) is 0 Å². The van der Waals surface area contributed by atoms with E-state index >= 15 is 0 Å². The molecule has 2 N–H and O–H groups in total. The van der Waals surface area contributed by atoms with Crippen molar-refractivity contribution >= 4 is 12.1 Å². The minimum atomic E-state index is -0.351. The van der Waals surface area contributed by atoms with Crippen LogP contribution in [0.2, 0.25) is 0 Å². The lowest BCUT2D eigenvalue weighted by atomic mass is 10.1. The van der Waals surface area contributed by atoms with Crippen LogP contribution in [-0.4, -0.2) is 23.8 Å². The van der Waals surface area contributed by atoms with Crippen molar-refractivity contribution in [1.29, 1.82) is 0 Å². The number of hydrogen-bond acceptors (Lipinski definition) is 4. The number of hydrogen-bond donors (Lipinski definition) is 2. The number of nitrogens with zero attached hydrogens (tertiary/aromatic N) is 1. The van der Waals surface area contributed by atoms with Crippen molar-refractivity contribution in [3.8, 4) is 11.5 Å². The number of carbonyl (C=O) groups is 1. The molecule has 5 heteroatoms. The quantitative estimate of drug-likeness (QED) is 0.658. The molecular formula is C17H18N2O3. The van der Waals surface area contributed by atoms with E-state index in [1.54, 1.807) is 24.3 Å². The molecule has 1 amide bonds. The summed E-state index contributed by atoms with van der Waals surface area (Å²) in [5, 5.41) is 13.1. The summed E-state index contributed by atoms with van der Waals surface area (Å²) in [7, 11) is 0. The monoisotopic (exact) mass is 298 g/mol. The Bertz CT molecular complexity index is 676. The van der Waals surface area contributed by atoms with Gasteiger partial charge in [-0.25, -0.2) is 5.43 Å². The molecule has 0 aliphatic heterocycles. The second-order valence-electron chi connectivity index (χ2n) is 5.00. The number of aromatic hydroxyl groups is 1. The molecule has 22 heavy (non-hydrogen) atoms. The number of phenolic OH excluding ortho intramolecular Hbond substituents is 1. The number of rotatable bonds is 5. The number of nitrogens with one attached hydrogen (secondary N) is 1. The zero-order valence-corrected chi connectivity index (χ0v) is 12.5. The Morgan fingerprint density at radius 3 is 2.64 bits per heavy atom. The second-order valence-corrected chi connectivity index (χ2v) is 5.00. The Morgan fingerprint density at radius 1 is 1.23 bits per heavy atom. The molecule has 0 saturated carbocycles. The fourth-order valence-electron chi connectivity index (χ4n) is 1.98. The predicted octanol–water partition coefficient (Wildman–Crippen LogP) is 2.54. The maximum atomic E-state index is 11.6. The minimum Gasteiger partial charge on any atom is -0.508 e. The Balaban J connectivity index is 1.83. The Hall–Kier alpha value is -2.82. The van der Waals surface area contributed by atoms with Gasteiger partial charge in [-0.2, -0.15) is 5.10 Å². The van der Waals surface area contributed by atoms with Crippen LogP contribution >= 0.6 is 0 Å². The molecule has 114 valence electrons. The SMILES string of the molecule is Cc1cc(C)cc(OCC(=O)N/N=C/c2cccc(O)c2)c1. The fourth-order valence-corrected chi connectivity index (χ4v) is 1.98. The highest BCUT2D eigenvalue weighted by Crippen LogP contribution is 2.15. The van der Waals surface area contributed by atoms with Crippen molar-refractivity contribution in [2.75, 3.05) is 6.61 Å². The lowest BCUT2D eigenvalue weighted by Gasteiger charge is -2.07. The van der Waals surface area contributed by atoms with Crippen molar-refractivity contribution in [2.24, 2.45) is 5.10 Å². The molecule has 0 bridgehead atoms. The molecule has 2 rings (SSSR count). The zero-order valence-electron chi connectivity index (χ0n) is 12.5. The minimum absolute atomic E-state index is 0.111. The average molecular weight is 298 g/mol. The maximum Gasteiger partial charge on any atom is 0.277 e. The van der Waals surface area contributed by atoms with Crippen molar-refractivity contribution in [3.63, 3.8) is 0 Å². The summed E-state index contributed by atoms with van der Waals surface area (Å²) in [6, 6.07) is 12.3. The van der Waals surface area contributed by atoms with E-state index in [9.17, 15) is 9.90 Å². The van der Waals surface area contributed by atoms with Crippen LogP contribution in [0.15, 0.2) is 47.6 Å². The third-order valence-corrected chi connectivity index (χ3v) is 2.84. The molecule has 0 aliphatic rings. The molecule has 2 aromatic carbocycles. The molecule has 0 atom stereocenters. The van der Waals surface area contributed by atoms with E-state index in [-0.39, 0.29) is 18.3 Å². The number of aryl methyl sites for hydroxylation is 2. The molecule has 0 saturated heterocycles. The van der Waals surface area contributed by atoms with Crippen LogP contribution in [0.5, 0.6) is 11.5 Å². The lowest BCUT2D eigenvalue weighted by Crippen LogP contribution is -2.24. The molecular weight excluding hydrogens is 280 g/mol. The van der Waals surface area contributed by atoms with Crippen LogP contribution in [0.25, 0.3) is 0 Å². The van der Waals surface area contributed by atoms with Gasteiger partial charge in [0.15, 0.2) is 6.61 Å². The van der Waals surface area contributed by atoms with Crippen LogP contribution < -0.4 is 10.2 Å². The number of phenols is 1. The number of carbonyl (C=O) groups excluding carboxylic acids is 1. The number of ether oxygens (including phenoxy) is 1. The highest BCUT2D eigenvalue weighted by Gasteiger charge is 2.02. The summed E-state index contributed by atoms with van der Waals surface area (Å²) in [6.07, 6.45) is 1.45. The van der Waals surface area contributed by atoms with Gasteiger partial charge in [0.1, 0.15) is 11.5 Å². The number of hydrazone groups is 1. The van der Waals surface area contributed by atoms with Crippen molar-refractivity contribution in [3.05, 3.63) is 59.2 Å². The lowest BCUT2D eigenvalue weighted by molar-refractivity contribution is -0.123. The first-order valence-electron chi connectivity index (χ1n) is 6.85. The summed E-state index contributed by atoms with van der Waals surface area (Å²) in [4.78, 5) is 11.6. The first-order valence-corrected chi connectivity index (χ1v) is 6.85. The topological polar surface area (TPSA) is 70.9 Å². The maximum absolute atomic E-state index is 11.6. The van der Waals surface area contributed by atoms with Crippen LogP contribution in [0, 0.1) is 13.8 Å². The second kappa shape index (κ2) is 7.26. The van der Waals surface area contributed by atoms with E-state index in [2.05, 4.69) is 10.5 Å². The van der Waals surface area contributed by atoms with Crippen LogP contribution in [-0.2, 0) is 4.79 Å². The molecule has 0 fully saturated rings. The van der Waals surface area contributed by atoms with Crippen molar-refractivity contribution in [1.82, 2.24) is 5.43 Å². The van der Waals surface area contributed by atoms with Gasteiger partial charge in [-0.1, -0.05) is 18.2 Å². The molecule has 2 aromatic rings. The zero-order chi connectivity index (χ0) is 15.9. The Kier molecular flexibility index (Phi) is 5.14. The van der Waals surface area contributed by atoms with Gasteiger partial charge in [-0.3, -0.25) is 4.79 Å². The summed E-state index contributed by atoms with van der Waals surface area (Å²) in [6.45, 7) is 3.83. The van der Waals surface area contributed by atoms with Crippen molar-refractivity contribution in [2.45, 2.75) is 13.8 Å². The van der Waals surface area contributed by atoms with Gasteiger partial charge >= 0.3 is 0 Å². The summed E-state index contributed by atoms with van der Waals surface area (Å²) in [5.41, 5.74) is 5.23. The number of amides is 1. The van der Waals surface area contributed by atoms with E-state index in [0.717, 1.165) is 11.1 Å². The summed E-state index contributed by atoms with van der Waals surface area (Å²) >= 11 is 0. The average Bonchev–Trinajstić information content (AvgIpc) is 2.44. The molecule has 0 heterocycles. The van der Waals surface area contributed by atoms with Gasteiger partial charge in [0.05, 0.1) is 6.21 Å². The van der Waals surface area contributed by atoms with Gasteiger partial charge in [-0.05, 0) is 54.8 Å². The smallest absolute Gasteiger partial charge is 0.277 e. The molecule has 5 nitrogen and oxygen atoms in total. The summed E-state index contributed by atoms with van der Waals surface area (Å²) < 4.78 is 5.43. The van der Waals surface area contributed by atoms with Gasteiger partial charge in [0.25, 0.3) is 5.91 Å². The van der Waals surface area contributed by atoms with E-state index in [0.29, 0.717) is 11.3 Å². The van der Waals surface area contributed by atoms with Crippen LogP contribution in [0.4, 0.5) is 0 Å². The van der Waals surface area contributed by atoms with E-state index < -0.39 is 0 Å². The normalized spacial score (nSPS) is 10.6. The van der Waals surface area contributed by atoms with Gasteiger partial charge in [0, 0.05) is 0 Å². The van der Waals surface area contributed by atoms with E-state index in [1.165, 1.54) is 6.21 Å². The molecule has 0 aliphatic carbocycles. The van der Waals surface area contributed by atoms with Gasteiger partial charge < -0.3 is 9.84 Å². The fraction of sp³-hybridized carbons (Fsp3) is 0.176. The Labute approximate surface area is 129 Å². The first kappa shape index (κ1) is 15.6. The van der Waals surface area contributed by atoms with Crippen molar-refractivity contribution < 1.29 is 14.6 Å². The van der Waals surface area contributed by atoms with Gasteiger partial charge in [-0.15, -0.1) is 0 Å². The van der Waals surface area contributed by atoms with E-state index in [4.69, 9.17) is 4.74 Å². The third kappa shape index (κ3) is 4.94. The number of benzene rings is 2. The Morgan fingerprint density at radius 2 is 1.95 bits per heavy atom. The largest absolute Gasteiger partial charge is 0.508 e. The van der Waals surface area contributed by atoms with Gasteiger partial charge in [0.2, 0.25) is 0 Å². The molecule has 0 radical (unpaired) electrons. The summed E-state index contributed by atoms with van der Waals surface area (Å²) in [5.74, 6) is 0.452. The standard InChI is InChI=1S/C17H18N2O3/c1-12-6-13(2)8-16(7-12)22-11-17(21)19-18-10-14-4-3-5-15(20)9-14/h3-10,20H,11H2,1-2H3,(H,19,21)/b18-10+. The van der Waals surface area contributed by atoms with E-state index in [1.807, 2.05) is 32.0 Å². The molecule has 0 aromatic heterocycles. The molecule has 0 unspecified atom stereocenters. The van der Waals surface area contributed by atoms with Crippen LogP contribution in [0.1, 0.15) is 16.7 Å². The molecule has 0 spiro atoms. The third-order valence-electron chi connectivity index (χ3n) is 2.84. The highest BCUT2D eigenvalue weighted by molar-refractivity contribution is 5.83.